The maximum absolute atomic E-state index is 11.8. The monoisotopic (exact) mass is 231 g/mol. The van der Waals surface area contributed by atoms with Gasteiger partial charge in [-0.2, -0.15) is 11.8 Å². The fraction of sp³-hybridized carbons (Fsp3) is 0.909. The van der Waals surface area contributed by atoms with Crippen LogP contribution in [-0.4, -0.2) is 46.1 Å². The Morgan fingerprint density at radius 1 is 1.33 bits per heavy atom. The summed E-state index contributed by atoms with van der Waals surface area (Å²) in [5.41, 5.74) is 0. The van der Waals surface area contributed by atoms with E-state index in [0.717, 1.165) is 25.9 Å². The first-order valence-electron chi connectivity index (χ1n) is 5.67. The van der Waals surface area contributed by atoms with Crippen LogP contribution in [0.2, 0.25) is 0 Å². The summed E-state index contributed by atoms with van der Waals surface area (Å²) in [6.45, 7) is 6.30. The minimum atomic E-state index is 0.190. The third-order valence-corrected chi connectivity index (χ3v) is 3.80. The Labute approximate surface area is 96.2 Å². The fourth-order valence-corrected chi connectivity index (χ4v) is 3.25. The largest absolute Gasteiger partial charge is 0.396 e. The molecule has 0 aromatic carbocycles. The number of unbranched alkanes of at least 4 members (excludes halogenated alkanes) is 1. The zero-order valence-electron chi connectivity index (χ0n) is 9.61. The molecule has 1 N–H and O–H groups in total. The molecule has 1 fully saturated rings. The van der Waals surface area contributed by atoms with Crippen molar-refractivity contribution in [2.45, 2.75) is 43.6 Å². The van der Waals surface area contributed by atoms with Crippen molar-refractivity contribution < 1.29 is 9.90 Å². The van der Waals surface area contributed by atoms with Gasteiger partial charge < -0.3 is 10.0 Å². The summed E-state index contributed by atoms with van der Waals surface area (Å²) in [6, 6.07) is 0. The van der Waals surface area contributed by atoms with E-state index < -0.39 is 0 Å². The number of rotatable bonds is 4. The van der Waals surface area contributed by atoms with Gasteiger partial charge >= 0.3 is 0 Å². The Hall–Kier alpha value is -0.220. The zero-order chi connectivity index (χ0) is 11.3. The molecule has 15 heavy (non-hydrogen) atoms. The average molecular weight is 231 g/mol. The van der Waals surface area contributed by atoms with Crippen molar-refractivity contribution in [2.24, 2.45) is 0 Å². The minimum absolute atomic E-state index is 0.190. The first-order chi connectivity index (χ1) is 7.13. The second-order valence-electron chi connectivity index (χ2n) is 4.24. The van der Waals surface area contributed by atoms with Crippen LogP contribution in [-0.2, 0) is 4.79 Å². The van der Waals surface area contributed by atoms with Crippen LogP contribution >= 0.6 is 11.8 Å². The number of aliphatic hydroxyl groups is 1. The van der Waals surface area contributed by atoms with Crippen LogP contribution < -0.4 is 0 Å². The molecule has 1 heterocycles. The van der Waals surface area contributed by atoms with Crippen LogP contribution in [0.15, 0.2) is 0 Å². The topological polar surface area (TPSA) is 40.5 Å². The highest BCUT2D eigenvalue weighted by Gasteiger charge is 2.25. The van der Waals surface area contributed by atoms with E-state index in [0.29, 0.717) is 16.9 Å². The minimum Gasteiger partial charge on any atom is -0.396 e. The van der Waals surface area contributed by atoms with Crippen molar-refractivity contribution >= 4 is 17.7 Å². The molecule has 0 saturated carbocycles. The third-order valence-electron chi connectivity index (χ3n) is 2.57. The fourth-order valence-electron chi connectivity index (χ4n) is 1.93. The molecule has 1 amide bonds. The quantitative estimate of drug-likeness (QED) is 0.745. The lowest BCUT2D eigenvalue weighted by atomic mass is 10.2. The number of carbonyl (C=O) groups is 1. The zero-order valence-corrected chi connectivity index (χ0v) is 10.4. The normalized spacial score (nSPS) is 26.7. The molecule has 2 unspecified atom stereocenters. The van der Waals surface area contributed by atoms with Gasteiger partial charge in [-0.3, -0.25) is 4.79 Å². The van der Waals surface area contributed by atoms with Gasteiger partial charge in [0.15, 0.2) is 0 Å². The Balaban J connectivity index is 2.31. The van der Waals surface area contributed by atoms with E-state index in [1.807, 2.05) is 16.7 Å². The summed E-state index contributed by atoms with van der Waals surface area (Å²) in [7, 11) is 0. The Bertz CT molecular complexity index is 201. The third kappa shape index (κ3) is 4.43. The van der Waals surface area contributed by atoms with Crippen LogP contribution in [0.25, 0.3) is 0 Å². The highest BCUT2D eigenvalue weighted by Crippen LogP contribution is 2.25. The number of amides is 1. The molecule has 0 aliphatic carbocycles. The SMILES string of the molecule is CC1CN(C(=O)CCCCO)CC(C)S1. The van der Waals surface area contributed by atoms with Crippen molar-refractivity contribution in [3.8, 4) is 0 Å². The summed E-state index contributed by atoms with van der Waals surface area (Å²) in [6.07, 6.45) is 2.13. The average Bonchev–Trinajstić information content (AvgIpc) is 2.16. The lowest BCUT2D eigenvalue weighted by molar-refractivity contribution is -0.131. The van der Waals surface area contributed by atoms with Crippen LogP contribution in [0.4, 0.5) is 0 Å². The van der Waals surface area contributed by atoms with Gasteiger partial charge in [0.2, 0.25) is 5.91 Å². The molecule has 0 radical (unpaired) electrons. The number of thioether (sulfide) groups is 1. The van der Waals surface area contributed by atoms with Crippen molar-refractivity contribution in [2.75, 3.05) is 19.7 Å². The van der Waals surface area contributed by atoms with Crippen LogP contribution in [0.5, 0.6) is 0 Å². The van der Waals surface area contributed by atoms with Gasteiger partial charge in [0.05, 0.1) is 0 Å². The van der Waals surface area contributed by atoms with Crippen molar-refractivity contribution in [3.63, 3.8) is 0 Å². The number of hydrogen-bond acceptors (Lipinski definition) is 3. The van der Waals surface area contributed by atoms with Gasteiger partial charge in [0.25, 0.3) is 0 Å². The predicted molar refractivity (Wildman–Crippen MR) is 64.0 cm³/mol. The molecule has 1 rings (SSSR count). The van der Waals surface area contributed by atoms with Gasteiger partial charge in [-0.15, -0.1) is 0 Å². The second-order valence-corrected chi connectivity index (χ2v) is 6.12. The van der Waals surface area contributed by atoms with Gasteiger partial charge in [-0.05, 0) is 12.8 Å². The highest BCUT2D eigenvalue weighted by molar-refractivity contribution is 8.00. The van der Waals surface area contributed by atoms with E-state index in [2.05, 4.69) is 13.8 Å². The van der Waals surface area contributed by atoms with Crippen molar-refractivity contribution in [1.29, 1.82) is 0 Å². The van der Waals surface area contributed by atoms with E-state index in [9.17, 15) is 4.79 Å². The van der Waals surface area contributed by atoms with Crippen LogP contribution in [0, 0.1) is 0 Å². The predicted octanol–water partition coefficient (Wildman–Crippen LogP) is 1.50. The molecule has 0 aromatic rings. The molecule has 0 aromatic heterocycles. The molecule has 1 saturated heterocycles. The molecule has 88 valence electrons. The Kier molecular flexibility index (Phi) is 5.47. The van der Waals surface area contributed by atoms with E-state index in [4.69, 9.17) is 5.11 Å². The Morgan fingerprint density at radius 2 is 1.93 bits per heavy atom. The van der Waals surface area contributed by atoms with Crippen LogP contribution in [0.1, 0.15) is 33.1 Å². The van der Waals surface area contributed by atoms with Gasteiger partial charge in [0, 0.05) is 36.6 Å². The molecule has 1 aliphatic rings. The summed E-state index contributed by atoms with van der Waals surface area (Å²) >= 11 is 1.96. The molecular weight excluding hydrogens is 210 g/mol. The standard InChI is InChI=1S/C11H21NO2S/c1-9-7-12(8-10(2)15-9)11(14)5-3-4-6-13/h9-10,13H,3-8H2,1-2H3. The van der Waals surface area contributed by atoms with E-state index in [-0.39, 0.29) is 12.5 Å². The molecule has 2 atom stereocenters. The molecular formula is C11H21NO2S. The summed E-state index contributed by atoms with van der Waals surface area (Å²) in [5.74, 6) is 0.252. The highest BCUT2D eigenvalue weighted by atomic mass is 32.2. The molecule has 0 spiro atoms. The molecule has 1 aliphatic heterocycles. The van der Waals surface area contributed by atoms with E-state index in [1.165, 1.54) is 0 Å². The van der Waals surface area contributed by atoms with Crippen molar-refractivity contribution in [3.05, 3.63) is 0 Å². The molecule has 0 bridgehead atoms. The number of nitrogens with zero attached hydrogens (tertiary/aromatic N) is 1. The summed E-state index contributed by atoms with van der Waals surface area (Å²) < 4.78 is 0. The summed E-state index contributed by atoms with van der Waals surface area (Å²) in [4.78, 5) is 13.8. The second kappa shape index (κ2) is 6.38. The maximum Gasteiger partial charge on any atom is 0.222 e. The number of hydrogen-bond donors (Lipinski definition) is 1. The molecule has 3 nitrogen and oxygen atoms in total. The van der Waals surface area contributed by atoms with Gasteiger partial charge in [-0.25, -0.2) is 0 Å². The van der Waals surface area contributed by atoms with Gasteiger partial charge in [-0.1, -0.05) is 13.8 Å². The first-order valence-corrected chi connectivity index (χ1v) is 6.62. The van der Waals surface area contributed by atoms with E-state index in [1.54, 1.807) is 0 Å². The smallest absolute Gasteiger partial charge is 0.222 e. The maximum atomic E-state index is 11.8. The van der Waals surface area contributed by atoms with E-state index >= 15 is 0 Å². The Morgan fingerprint density at radius 3 is 2.47 bits per heavy atom. The lowest BCUT2D eigenvalue weighted by Gasteiger charge is -2.34. The lowest BCUT2D eigenvalue weighted by Crippen LogP contribution is -2.43. The number of carbonyl (C=O) groups excluding carboxylic acids is 1. The summed E-state index contributed by atoms with van der Waals surface area (Å²) in [5, 5.41) is 9.75. The number of aliphatic hydroxyl groups excluding tert-OH is 1. The first kappa shape index (κ1) is 12.8. The van der Waals surface area contributed by atoms with Crippen LogP contribution in [0.3, 0.4) is 0 Å². The van der Waals surface area contributed by atoms with Gasteiger partial charge in [0.1, 0.15) is 0 Å². The molecule has 4 heteroatoms. The van der Waals surface area contributed by atoms with Crippen molar-refractivity contribution in [1.82, 2.24) is 4.90 Å².